The van der Waals surface area contributed by atoms with Crippen molar-refractivity contribution in [2.75, 3.05) is 0 Å². The minimum atomic E-state index is -0.552. The number of nitrogens with two attached hydrogens (primary N) is 1. The second-order valence-corrected chi connectivity index (χ2v) is 4.84. The largest absolute Gasteiger partial charge is 0.489 e. The van der Waals surface area contributed by atoms with E-state index in [0.29, 0.717) is 12.4 Å². The number of halogens is 1. The van der Waals surface area contributed by atoms with Crippen LogP contribution in [-0.4, -0.2) is 18.2 Å². The molecule has 5 heteroatoms. The summed E-state index contributed by atoms with van der Waals surface area (Å²) in [4.78, 5) is 14.9. The van der Waals surface area contributed by atoms with Crippen molar-refractivity contribution >= 4 is 12.1 Å². The van der Waals surface area contributed by atoms with Crippen LogP contribution in [0.25, 0.3) is 0 Å². The monoisotopic (exact) mass is 300 g/mol. The Hall–Kier alpha value is -2.69. The van der Waals surface area contributed by atoms with Crippen molar-refractivity contribution in [1.82, 2.24) is 0 Å². The highest BCUT2D eigenvalue weighted by Gasteiger charge is 2.04. The molecule has 22 heavy (non-hydrogen) atoms. The molecule has 4 nitrogen and oxygen atoms in total. The zero-order valence-corrected chi connectivity index (χ0v) is 12.2. The smallest absolute Gasteiger partial charge is 0.241 e. The van der Waals surface area contributed by atoms with Crippen LogP contribution < -0.4 is 10.5 Å². The summed E-state index contributed by atoms with van der Waals surface area (Å²) in [6.07, 6.45) is 1.59. The van der Waals surface area contributed by atoms with Crippen LogP contribution in [0.4, 0.5) is 4.39 Å². The molecule has 0 radical (unpaired) electrons. The molecule has 1 atom stereocenters. The number of amides is 1. The van der Waals surface area contributed by atoms with Crippen LogP contribution in [0, 0.1) is 5.82 Å². The lowest BCUT2D eigenvalue weighted by atomic mass is 10.2. The summed E-state index contributed by atoms with van der Waals surface area (Å²) in [6.45, 7) is 1.93. The summed E-state index contributed by atoms with van der Waals surface area (Å²) < 4.78 is 18.6. The molecular formula is C17H17FN2O2. The van der Waals surface area contributed by atoms with Crippen LogP contribution in [0.5, 0.6) is 5.75 Å². The Morgan fingerprint density at radius 3 is 2.68 bits per heavy atom. The van der Waals surface area contributed by atoms with Gasteiger partial charge in [-0.05, 0) is 54.4 Å². The first-order valence-corrected chi connectivity index (χ1v) is 6.84. The van der Waals surface area contributed by atoms with E-state index in [9.17, 15) is 9.18 Å². The molecule has 0 aliphatic heterocycles. The highest BCUT2D eigenvalue weighted by Crippen LogP contribution is 2.14. The molecule has 0 saturated carbocycles. The summed E-state index contributed by atoms with van der Waals surface area (Å²) in [5.74, 6) is -0.0770. The summed E-state index contributed by atoms with van der Waals surface area (Å²) in [6, 6.07) is 12.9. The molecule has 2 aromatic carbocycles. The first-order chi connectivity index (χ1) is 10.5. The number of rotatable bonds is 6. The van der Waals surface area contributed by atoms with Crippen LogP contribution in [0.3, 0.4) is 0 Å². The van der Waals surface area contributed by atoms with Gasteiger partial charge in [0.05, 0.1) is 0 Å². The first-order valence-electron chi connectivity index (χ1n) is 6.84. The third-order valence-electron chi connectivity index (χ3n) is 3.03. The fraction of sp³-hybridized carbons (Fsp3) is 0.176. The van der Waals surface area contributed by atoms with Crippen LogP contribution in [0.1, 0.15) is 18.1 Å². The first kappa shape index (κ1) is 15.7. The minimum Gasteiger partial charge on any atom is -0.489 e. The number of carbonyl (C=O) groups is 1. The Morgan fingerprint density at radius 2 is 2.05 bits per heavy atom. The van der Waals surface area contributed by atoms with Crippen LogP contribution in [0.2, 0.25) is 0 Å². The van der Waals surface area contributed by atoms with Crippen LogP contribution in [0.15, 0.2) is 53.5 Å². The maximum atomic E-state index is 13.0. The molecule has 2 N–H and O–H groups in total. The molecule has 0 bridgehead atoms. The number of aliphatic imine (C=N–C) groups is 1. The number of hydrogen-bond acceptors (Lipinski definition) is 3. The average Bonchev–Trinajstić information content (AvgIpc) is 2.51. The maximum Gasteiger partial charge on any atom is 0.241 e. The average molecular weight is 300 g/mol. The van der Waals surface area contributed by atoms with E-state index < -0.39 is 11.9 Å². The summed E-state index contributed by atoms with van der Waals surface area (Å²) in [7, 11) is 0. The van der Waals surface area contributed by atoms with Crippen molar-refractivity contribution < 1.29 is 13.9 Å². The third-order valence-corrected chi connectivity index (χ3v) is 3.03. The molecular weight excluding hydrogens is 283 g/mol. The van der Waals surface area contributed by atoms with E-state index in [1.807, 2.05) is 12.1 Å². The standard InChI is InChI=1S/C17H17FN2O2/c1-12(17(19)21)20-10-13-5-7-16(8-6-13)22-11-14-3-2-4-15(18)9-14/h2-10,12H,11H2,1H3,(H2,19,21). The lowest BCUT2D eigenvalue weighted by Gasteiger charge is -2.06. The number of ether oxygens (including phenoxy) is 1. The Bertz CT molecular complexity index is 669. The molecule has 0 aromatic heterocycles. The van der Waals surface area contributed by atoms with E-state index in [4.69, 9.17) is 10.5 Å². The van der Waals surface area contributed by atoms with Crippen LogP contribution >= 0.6 is 0 Å². The zero-order valence-electron chi connectivity index (χ0n) is 12.2. The fourth-order valence-corrected chi connectivity index (χ4v) is 1.71. The SMILES string of the molecule is CC(N=Cc1ccc(OCc2cccc(F)c2)cc1)C(N)=O. The molecule has 1 amide bonds. The van der Waals surface area contributed by atoms with Gasteiger partial charge in [-0.15, -0.1) is 0 Å². The van der Waals surface area contributed by atoms with Crippen molar-refractivity contribution in [2.24, 2.45) is 10.7 Å². The van der Waals surface area contributed by atoms with Crippen molar-refractivity contribution in [1.29, 1.82) is 0 Å². The van der Waals surface area contributed by atoms with Gasteiger partial charge >= 0.3 is 0 Å². The Kier molecular flexibility index (Phi) is 5.25. The summed E-state index contributed by atoms with van der Waals surface area (Å²) in [5.41, 5.74) is 6.73. The number of hydrogen-bond donors (Lipinski definition) is 1. The molecule has 2 rings (SSSR count). The normalized spacial score (nSPS) is 12.3. The Morgan fingerprint density at radius 1 is 1.32 bits per heavy atom. The van der Waals surface area contributed by atoms with E-state index in [2.05, 4.69) is 4.99 Å². The molecule has 0 saturated heterocycles. The van der Waals surface area contributed by atoms with Gasteiger partial charge in [0.25, 0.3) is 0 Å². The fourth-order valence-electron chi connectivity index (χ4n) is 1.71. The molecule has 0 aliphatic rings. The van der Waals surface area contributed by atoms with Gasteiger partial charge in [-0.25, -0.2) is 4.39 Å². The second kappa shape index (κ2) is 7.36. The predicted octanol–water partition coefficient (Wildman–Crippen LogP) is 2.70. The van der Waals surface area contributed by atoms with Gasteiger partial charge in [0.15, 0.2) is 0 Å². The molecule has 0 aliphatic carbocycles. The lowest BCUT2D eigenvalue weighted by Crippen LogP contribution is -2.23. The number of nitrogens with zero attached hydrogens (tertiary/aromatic N) is 1. The van der Waals surface area contributed by atoms with Crippen molar-refractivity contribution in [2.45, 2.75) is 19.6 Å². The maximum absolute atomic E-state index is 13.0. The van der Waals surface area contributed by atoms with Crippen molar-refractivity contribution in [3.8, 4) is 5.75 Å². The van der Waals surface area contributed by atoms with E-state index in [-0.39, 0.29) is 5.82 Å². The topological polar surface area (TPSA) is 64.7 Å². The number of carbonyl (C=O) groups excluding carboxylic acids is 1. The quantitative estimate of drug-likeness (QED) is 0.834. The van der Waals surface area contributed by atoms with E-state index in [1.54, 1.807) is 37.4 Å². The lowest BCUT2D eigenvalue weighted by molar-refractivity contribution is -0.118. The van der Waals surface area contributed by atoms with Crippen LogP contribution in [-0.2, 0) is 11.4 Å². The molecule has 0 spiro atoms. The third kappa shape index (κ3) is 4.70. The molecule has 1 unspecified atom stereocenters. The van der Waals surface area contributed by atoms with E-state index in [0.717, 1.165) is 11.1 Å². The molecule has 114 valence electrons. The van der Waals surface area contributed by atoms with Gasteiger partial charge in [-0.1, -0.05) is 12.1 Å². The predicted molar refractivity (Wildman–Crippen MR) is 83.4 cm³/mol. The van der Waals surface area contributed by atoms with Crippen molar-refractivity contribution in [3.05, 3.63) is 65.5 Å². The molecule has 0 heterocycles. The highest BCUT2D eigenvalue weighted by atomic mass is 19.1. The van der Waals surface area contributed by atoms with Gasteiger partial charge in [-0.3, -0.25) is 9.79 Å². The molecule has 2 aromatic rings. The highest BCUT2D eigenvalue weighted by molar-refractivity contribution is 5.85. The minimum absolute atomic E-state index is 0.281. The van der Waals surface area contributed by atoms with Gasteiger partial charge in [0.2, 0.25) is 5.91 Å². The van der Waals surface area contributed by atoms with E-state index in [1.165, 1.54) is 12.1 Å². The molecule has 0 fully saturated rings. The van der Waals surface area contributed by atoms with E-state index >= 15 is 0 Å². The zero-order chi connectivity index (χ0) is 15.9. The second-order valence-electron chi connectivity index (χ2n) is 4.84. The van der Waals surface area contributed by atoms with Gasteiger partial charge in [0, 0.05) is 6.21 Å². The van der Waals surface area contributed by atoms with Gasteiger partial charge < -0.3 is 10.5 Å². The summed E-state index contributed by atoms with van der Waals surface area (Å²) >= 11 is 0. The van der Waals surface area contributed by atoms with Gasteiger partial charge in [-0.2, -0.15) is 0 Å². The Balaban J connectivity index is 1.93. The van der Waals surface area contributed by atoms with Gasteiger partial charge in [0.1, 0.15) is 24.2 Å². The Labute approximate surface area is 128 Å². The number of primary amides is 1. The summed E-state index contributed by atoms with van der Waals surface area (Å²) in [5, 5.41) is 0. The number of benzene rings is 2. The van der Waals surface area contributed by atoms with Crippen molar-refractivity contribution in [3.63, 3.8) is 0 Å².